The van der Waals surface area contributed by atoms with Crippen LogP contribution in [0.25, 0.3) is 0 Å². The molecule has 30 heavy (non-hydrogen) atoms. The molecule has 1 saturated heterocycles. The van der Waals surface area contributed by atoms with E-state index in [1.807, 2.05) is 0 Å². The van der Waals surface area contributed by atoms with Crippen molar-refractivity contribution in [3.05, 3.63) is 11.9 Å². The van der Waals surface area contributed by atoms with Crippen LogP contribution in [0.4, 0.5) is 0 Å². The zero-order valence-corrected chi connectivity index (χ0v) is 16.1. The number of aliphatic hydroxyl groups is 1. The maximum atomic E-state index is 12.3. The molecule has 5 atom stereocenters. The fourth-order valence-electron chi connectivity index (χ4n) is 3.80. The van der Waals surface area contributed by atoms with Crippen LogP contribution in [0.2, 0.25) is 0 Å². The van der Waals surface area contributed by atoms with Crippen molar-refractivity contribution >= 4 is 23.9 Å². The second-order valence-corrected chi connectivity index (χ2v) is 6.92. The minimum Gasteiger partial charge on any atom is -0.481 e. The molecule has 13 heteroatoms. The summed E-state index contributed by atoms with van der Waals surface area (Å²) in [5.41, 5.74) is 0.368. The van der Waals surface area contributed by atoms with Crippen LogP contribution in [0.1, 0.15) is 31.2 Å². The SMILES string of the molecule is COC(=O)[C@H]1O[C@@H](n2cc(CCO)nn2)[C@H](CC(=O)O)[C@@H](CC(=O)O)[C@@H]1CC(=O)O. The molecule has 0 aliphatic carbocycles. The Morgan fingerprint density at radius 3 is 2.13 bits per heavy atom. The van der Waals surface area contributed by atoms with E-state index in [0.29, 0.717) is 5.69 Å². The topological polar surface area (TPSA) is 198 Å². The van der Waals surface area contributed by atoms with Gasteiger partial charge in [-0.25, -0.2) is 9.48 Å². The van der Waals surface area contributed by atoms with E-state index in [1.54, 1.807) is 0 Å². The summed E-state index contributed by atoms with van der Waals surface area (Å²) < 4.78 is 11.6. The second kappa shape index (κ2) is 10.1. The number of aliphatic hydroxyl groups excluding tert-OH is 1. The van der Waals surface area contributed by atoms with Crippen LogP contribution in [0.5, 0.6) is 0 Å². The zero-order valence-electron chi connectivity index (χ0n) is 16.1. The van der Waals surface area contributed by atoms with E-state index in [4.69, 9.17) is 14.6 Å². The maximum absolute atomic E-state index is 12.3. The van der Waals surface area contributed by atoms with Crippen molar-refractivity contribution in [2.24, 2.45) is 17.8 Å². The number of esters is 1. The van der Waals surface area contributed by atoms with E-state index < -0.39 is 73.2 Å². The van der Waals surface area contributed by atoms with E-state index in [1.165, 1.54) is 6.20 Å². The molecule has 0 radical (unpaired) electrons. The summed E-state index contributed by atoms with van der Waals surface area (Å²) in [4.78, 5) is 46.7. The summed E-state index contributed by atoms with van der Waals surface area (Å²) in [7, 11) is 1.07. The first-order valence-electron chi connectivity index (χ1n) is 9.08. The minimum absolute atomic E-state index is 0.164. The molecule has 2 heterocycles. The van der Waals surface area contributed by atoms with Gasteiger partial charge in [-0.15, -0.1) is 5.10 Å². The van der Waals surface area contributed by atoms with Crippen LogP contribution in [0.15, 0.2) is 6.20 Å². The number of hydrogen-bond donors (Lipinski definition) is 4. The van der Waals surface area contributed by atoms with Crippen LogP contribution in [0, 0.1) is 17.8 Å². The van der Waals surface area contributed by atoms with Gasteiger partial charge in [0.2, 0.25) is 0 Å². The van der Waals surface area contributed by atoms with Crippen molar-refractivity contribution < 1.29 is 49.1 Å². The summed E-state index contributed by atoms with van der Waals surface area (Å²) >= 11 is 0. The molecular weight excluding hydrogens is 406 g/mol. The van der Waals surface area contributed by atoms with E-state index in [0.717, 1.165) is 11.8 Å². The Morgan fingerprint density at radius 1 is 1.03 bits per heavy atom. The Balaban J connectivity index is 2.54. The number of rotatable bonds is 10. The third kappa shape index (κ3) is 5.51. The van der Waals surface area contributed by atoms with Crippen molar-refractivity contribution in [3.8, 4) is 0 Å². The van der Waals surface area contributed by atoms with Gasteiger partial charge in [0, 0.05) is 31.3 Å². The number of aromatic nitrogens is 3. The first kappa shape index (κ1) is 23.2. The molecule has 1 aliphatic rings. The fourth-order valence-corrected chi connectivity index (χ4v) is 3.80. The molecule has 13 nitrogen and oxygen atoms in total. The van der Waals surface area contributed by atoms with E-state index in [-0.39, 0.29) is 13.0 Å². The van der Waals surface area contributed by atoms with Gasteiger partial charge in [-0.1, -0.05) is 5.21 Å². The van der Waals surface area contributed by atoms with E-state index in [2.05, 4.69) is 10.3 Å². The Hall–Kier alpha value is -3.06. The van der Waals surface area contributed by atoms with Gasteiger partial charge < -0.3 is 29.9 Å². The Morgan fingerprint density at radius 2 is 1.60 bits per heavy atom. The zero-order chi connectivity index (χ0) is 22.4. The van der Waals surface area contributed by atoms with Gasteiger partial charge in [-0.3, -0.25) is 14.4 Å². The summed E-state index contributed by atoms with van der Waals surface area (Å²) in [6.07, 6.45) is -2.86. The number of aliphatic carboxylic acids is 3. The van der Waals surface area contributed by atoms with Crippen molar-refractivity contribution in [2.45, 2.75) is 38.0 Å². The molecule has 1 aromatic rings. The molecule has 0 bridgehead atoms. The highest BCUT2D eigenvalue weighted by Gasteiger charge is 2.51. The lowest BCUT2D eigenvalue weighted by Crippen LogP contribution is -2.51. The third-order valence-electron chi connectivity index (χ3n) is 4.99. The summed E-state index contributed by atoms with van der Waals surface area (Å²) in [6, 6.07) is 0. The van der Waals surface area contributed by atoms with Gasteiger partial charge >= 0.3 is 23.9 Å². The third-order valence-corrected chi connectivity index (χ3v) is 4.99. The van der Waals surface area contributed by atoms with Gasteiger partial charge in [-0.05, 0) is 5.92 Å². The van der Waals surface area contributed by atoms with Gasteiger partial charge in [0.25, 0.3) is 0 Å². The summed E-state index contributed by atoms with van der Waals surface area (Å²) in [6.45, 7) is -0.212. The number of carbonyl (C=O) groups excluding carboxylic acids is 1. The largest absolute Gasteiger partial charge is 0.481 e. The predicted molar refractivity (Wildman–Crippen MR) is 94.0 cm³/mol. The summed E-state index contributed by atoms with van der Waals surface area (Å²) in [5.74, 6) is -7.94. The van der Waals surface area contributed by atoms with Crippen molar-refractivity contribution in [1.82, 2.24) is 15.0 Å². The van der Waals surface area contributed by atoms with Gasteiger partial charge in [0.15, 0.2) is 12.3 Å². The average molecular weight is 429 g/mol. The normalized spacial score (nSPS) is 26.1. The standard InChI is InChI=1S/C17H23N3O10/c1-29-17(28)15-10(5-13(24)25)9(4-12(22)23)11(6-14(26)27)16(30-15)20-7-8(2-3-21)18-19-20/h7,9-11,15-16,21H,2-6H2,1H3,(H,22,23)(H,24,25)(H,26,27)/t9-,10-,11+,15-,16+/m0/s1. The molecule has 0 amide bonds. The lowest BCUT2D eigenvalue weighted by Gasteiger charge is -2.44. The molecule has 0 unspecified atom stereocenters. The fraction of sp³-hybridized carbons (Fsp3) is 0.647. The van der Waals surface area contributed by atoms with Crippen molar-refractivity contribution in [3.63, 3.8) is 0 Å². The number of nitrogens with zero attached hydrogens (tertiary/aromatic N) is 3. The van der Waals surface area contributed by atoms with Crippen molar-refractivity contribution in [2.75, 3.05) is 13.7 Å². The van der Waals surface area contributed by atoms with Crippen LogP contribution >= 0.6 is 0 Å². The molecule has 166 valence electrons. The first-order chi connectivity index (χ1) is 14.2. The maximum Gasteiger partial charge on any atom is 0.335 e. The average Bonchev–Trinajstić information content (AvgIpc) is 3.11. The highest BCUT2D eigenvalue weighted by molar-refractivity contribution is 5.77. The lowest BCUT2D eigenvalue weighted by atomic mass is 9.70. The van der Waals surface area contributed by atoms with Crippen LogP contribution in [-0.4, -0.2) is 79.1 Å². The second-order valence-electron chi connectivity index (χ2n) is 6.92. The smallest absolute Gasteiger partial charge is 0.335 e. The molecule has 4 N–H and O–H groups in total. The molecule has 0 aromatic carbocycles. The minimum atomic E-state index is -1.45. The molecule has 0 saturated carbocycles. The number of ether oxygens (including phenoxy) is 2. The number of carbonyl (C=O) groups is 4. The van der Waals surface area contributed by atoms with Crippen LogP contribution in [-0.2, 0) is 35.1 Å². The molecule has 1 aromatic heterocycles. The molecular formula is C17H23N3O10. The van der Waals surface area contributed by atoms with Gasteiger partial charge in [0.05, 0.1) is 31.8 Å². The van der Waals surface area contributed by atoms with E-state index >= 15 is 0 Å². The monoisotopic (exact) mass is 429 g/mol. The molecule has 1 fully saturated rings. The number of carboxylic acids is 3. The van der Waals surface area contributed by atoms with Crippen LogP contribution < -0.4 is 0 Å². The number of carboxylic acid groups (broad SMARTS) is 3. The van der Waals surface area contributed by atoms with Gasteiger partial charge in [0.1, 0.15) is 0 Å². The summed E-state index contributed by atoms with van der Waals surface area (Å²) in [5, 5.41) is 44.8. The van der Waals surface area contributed by atoms with Crippen molar-refractivity contribution in [1.29, 1.82) is 0 Å². The molecule has 2 rings (SSSR count). The first-order valence-corrected chi connectivity index (χ1v) is 9.08. The van der Waals surface area contributed by atoms with Gasteiger partial charge in [-0.2, -0.15) is 0 Å². The Kier molecular flexibility index (Phi) is 7.83. The highest BCUT2D eigenvalue weighted by atomic mass is 16.6. The Bertz CT molecular complexity index is 795. The number of methoxy groups -OCH3 is 1. The molecule has 0 spiro atoms. The predicted octanol–water partition coefficient (Wildman–Crippen LogP) is -0.844. The van der Waals surface area contributed by atoms with E-state index in [9.17, 15) is 34.5 Å². The highest BCUT2D eigenvalue weighted by Crippen LogP contribution is 2.45. The molecule has 1 aliphatic heterocycles. The Labute approximate surface area is 170 Å². The lowest BCUT2D eigenvalue weighted by molar-refractivity contribution is -0.211. The van der Waals surface area contributed by atoms with Crippen LogP contribution in [0.3, 0.4) is 0 Å². The number of hydrogen-bond acceptors (Lipinski definition) is 9. The quantitative estimate of drug-likeness (QED) is 0.337.